The Hall–Kier alpha value is -2.47. The third-order valence-corrected chi connectivity index (χ3v) is 3.59. The zero-order valence-corrected chi connectivity index (χ0v) is 13.5. The highest BCUT2D eigenvalue weighted by molar-refractivity contribution is 7.78. The second kappa shape index (κ2) is 6.97. The number of nitriles is 1. The van der Waals surface area contributed by atoms with Gasteiger partial charge in [0, 0.05) is 12.2 Å². The number of amides is 1. The molecule has 9 heteroatoms. The number of benzene rings is 1. The third-order valence-electron chi connectivity index (χ3n) is 3.28. The minimum atomic E-state index is -4.63. The minimum Gasteiger partial charge on any atom is -0.307 e. The standard InChI is InChI=1S/C15H13F3N4OS/c1-2-7-21(14(23)13-5-6-20-22(13)24)11-3-4-12(15(16,17)18)10(8-11)9-19/h3-6,8,24H,2,7H2,1H3. The average Bonchev–Trinajstić information content (AvgIpc) is 2.96. The van der Waals surface area contributed by atoms with Crippen LogP contribution in [-0.2, 0) is 6.18 Å². The number of aromatic nitrogens is 2. The van der Waals surface area contributed by atoms with Gasteiger partial charge in [-0.1, -0.05) is 6.92 Å². The maximum absolute atomic E-state index is 12.9. The van der Waals surface area contributed by atoms with Gasteiger partial charge in [0.15, 0.2) is 0 Å². The number of rotatable bonds is 4. The van der Waals surface area contributed by atoms with Crippen molar-refractivity contribution < 1.29 is 18.0 Å². The van der Waals surface area contributed by atoms with E-state index in [1.54, 1.807) is 0 Å². The van der Waals surface area contributed by atoms with Gasteiger partial charge in [-0.15, -0.1) is 0 Å². The Labute approximate surface area is 141 Å². The zero-order chi connectivity index (χ0) is 17.9. The molecule has 1 aromatic heterocycles. The largest absolute Gasteiger partial charge is 0.417 e. The van der Waals surface area contributed by atoms with Crippen LogP contribution >= 0.6 is 12.8 Å². The van der Waals surface area contributed by atoms with Crippen molar-refractivity contribution in [2.24, 2.45) is 0 Å². The van der Waals surface area contributed by atoms with E-state index < -0.39 is 23.2 Å². The molecule has 0 N–H and O–H groups in total. The summed E-state index contributed by atoms with van der Waals surface area (Å²) in [5.74, 6) is -0.465. The summed E-state index contributed by atoms with van der Waals surface area (Å²) in [6.07, 6.45) is -2.67. The van der Waals surface area contributed by atoms with Crippen LogP contribution in [0.15, 0.2) is 30.5 Å². The molecule has 0 atom stereocenters. The number of alkyl halides is 3. The van der Waals surface area contributed by atoms with Crippen LogP contribution in [0.25, 0.3) is 0 Å². The zero-order valence-electron chi connectivity index (χ0n) is 12.6. The molecule has 0 unspecified atom stereocenters. The van der Waals surface area contributed by atoms with Crippen molar-refractivity contribution in [3.05, 3.63) is 47.3 Å². The first-order valence-electron chi connectivity index (χ1n) is 6.96. The summed E-state index contributed by atoms with van der Waals surface area (Å²) < 4.78 is 39.8. The van der Waals surface area contributed by atoms with Crippen LogP contribution in [0.5, 0.6) is 0 Å². The van der Waals surface area contributed by atoms with Gasteiger partial charge >= 0.3 is 6.18 Å². The molecular weight excluding hydrogens is 341 g/mol. The van der Waals surface area contributed by atoms with E-state index in [0.717, 1.165) is 16.2 Å². The Morgan fingerprint density at radius 3 is 2.62 bits per heavy atom. The van der Waals surface area contributed by atoms with Gasteiger partial charge < -0.3 is 4.90 Å². The summed E-state index contributed by atoms with van der Waals surface area (Å²) >= 11 is 4.01. The van der Waals surface area contributed by atoms with Crippen LogP contribution in [0, 0.1) is 11.3 Å². The molecule has 0 aliphatic heterocycles. The minimum absolute atomic E-state index is 0.171. The van der Waals surface area contributed by atoms with E-state index in [2.05, 4.69) is 17.9 Å². The molecule has 0 aliphatic rings. The lowest BCUT2D eigenvalue weighted by atomic mass is 10.1. The summed E-state index contributed by atoms with van der Waals surface area (Å²) in [6, 6.07) is 6.04. The number of halogens is 3. The van der Waals surface area contributed by atoms with E-state index in [1.165, 1.54) is 29.3 Å². The van der Waals surface area contributed by atoms with Crippen molar-refractivity contribution in [2.75, 3.05) is 11.4 Å². The summed E-state index contributed by atoms with van der Waals surface area (Å²) in [7, 11) is 0. The van der Waals surface area contributed by atoms with E-state index in [4.69, 9.17) is 5.26 Å². The van der Waals surface area contributed by atoms with Crippen LogP contribution < -0.4 is 4.90 Å². The van der Waals surface area contributed by atoms with Gasteiger partial charge in [-0.05, 0) is 43.5 Å². The number of nitrogens with zero attached hydrogens (tertiary/aromatic N) is 4. The van der Waals surface area contributed by atoms with E-state index in [0.29, 0.717) is 6.42 Å². The fourth-order valence-corrected chi connectivity index (χ4v) is 2.41. The van der Waals surface area contributed by atoms with Crippen molar-refractivity contribution in [1.29, 1.82) is 5.26 Å². The molecule has 1 amide bonds. The van der Waals surface area contributed by atoms with Crippen molar-refractivity contribution >= 4 is 24.4 Å². The molecule has 0 saturated carbocycles. The number of hydrogen-bond donors (Lipinski definition) is 1. The molecule has 0 radical (unpaired) electrons. The molecule has 126 valence electrons. The number of carbonyl (C=O) groups excluding carboxylic acids is 1. The normalized spacial score (nSPS) is 11.2. The fraction of sp³-hybridized carbons (Fsp3) is 0.267. The van der Waals surface area contributed by atoms with Gasteiger partial charge in [0.25, 0.3) is 5.91 Å². The molecule has 24 heavy (non-hydrogen) atoms. The molecule has 1 aromatic carbocycles. The van der Waals surface area contributed by atoms with Crippen LogP contribution in [-0.4, -0.2) is 21.6 Å². The molecule has 2 aromatic rings. The lowest BCUT2D eigenvalue weighted by Crippen LogP contribution is -2.33. The molecule has 2 rings (SSSR count). The average molecular weight is 354 g/mol. The summed E-state index contributed by atoms with van der Waals surface area (Å²) in [4.78, 5) is 13.9. The van der Waals surface area contributed by atoms with Crippen LogP contribution in [0.1, 0.15) is 35.0 Å². The summed E-state index contributed by atoms with van der Waals surface area (Å²) in [5, 5.41) is 12.8. The number of carbonyl (C=O) groups is 1. The van der Waals surface area contributed by atoms with E-state index in [1.807, 2.05) is 6.92 Å². The number of hydrogen-bond acceptors (Lipinski definition) is 4. The third kappa shape index (κ3) is 3.54. The highest BCUT2D eigenvalue weighted by Gasteiger charge is 2.34. The number of anilines is 1. The quantitative estimate of drug-likeness (QED) is 0.855. The molecule has 0 fully saturated rings. The molecule has 0 saturated heterocycles. The fourth-order valence-electron chi connectivity index (χ4n) is 2.20. The first kappa shape index (κ1) is 17.9. The smallest absolute Gasteiger partial charge is 0.307 e. The molecule has 0 spiro atoms. The lowest BCUT2D eigenvalue weighted by Gasteiger charge is -2.23. The Morgan fingerprint density at radius 1 is 1.42 bits per heavy atom. The summed E-state index contributed by atoms with van der Waals surface area (Å²) in [5.41, 5.74) is -1.18. The van der Waals surface area contributed by atoms with Crippen molar-refractivity contribution in [3.63, 3.8) is 0 Å². The predicted molar refractivity (Wildman–Crippen MR) is 84.7 cm³/mol. The Kier molecular flexibility index (Phi) is 5.19. The van der Waals surface area contributed by atoms with Crippen molar-refractivity contribution in [1.82, 2.24) is 9.19 Å². The second-order valence-electron chi connectivity index (χ2n) is 4.90. The highest BCUT2D eigenvalue weighted by atomic mass is 32.1. The van der Waals surface area contributed by atoms with Gasteiger partial charge in [-0.3, -0.25) is 4.79 Å². The topological polar surface area (TPSA) is 61.9 Å². The maximum Gasteiger partial charge on any atom is 0.417 e. The van der Waals surface area contributed by atoms with Gasteiger partial charge in [-0.2, -0.15) is 23.5 Å². The van der Waals surface area contributed by atoms with E-state index in [9.17, 15) is 18.0 Å². The monoisotopic (exact) mass is 354 g/mol. The maximum atomic E-state index is 12.9. The lowest BCUT2D eigenvalue weighted by molar-refractivity contribution is -0.137. The molecule has 5 nitrogen and oxygen atoms in total. The van der Waals surface area contributed by atoms with E-state index in [-0.39, 0.29) is 17.9 Å². The Morgan fingerprint density at radius 2 is 2.12 bits per heavy atom. The Balaban J connectivity index is 2.48. The SMILES string of the molecule is CCCN(C(=O)c1ccnn1S)c1ccc(C(F)(F)F)c(C#N)c1. The van der Waals surface area contributed by atoms with E-state index >= 15 is 0 Å². The Bertz CT molecular complexity index is 795. The van der Waals surface area contributed by atoms with Crippen LogP contribution in [0.4, 0.5) is 18.9 Å². The van der Waals surface area contributed by atoms with Crippen LogP contribution in [0.3, 0.4) is 0 Å². The van der Waals surface area contributed by atoms with Gasteiger partial charge in [0.1, 0.15) is 5.69 Å². The molecule has 1 heterocycles. The summed E-state index contributed by atoms with van der Waals surface area (Å²) in [6.45, 7) is 2.10. The first-order valence-corrected chi connectivity index (χ1v) is 7.36. The molecular formula is C15H13F3N4OS. The first-order chi connectivity index (χ1) is 11.3. The van der Waals surface area contributed by atoms with Gasteiger partial charge in [0.05, 0.1) is 23.4 Å². The van der Waals surface area contributed by atoms with Crippen molar-refractivity contribution in [2.45, 2.75) is 19.5 Å². The second-order valence-corrected chi connectivity index (χ2v) is 5.28. The van der Waals surface area contributed by atoms with Crippen molar-refractivity contribution in [3.8, 4) is 6.07 Å². The molecule has 0 bridgehead atoms. The number of thiol groups is 1. The molecule has 0 aliphatic carbocycles. The predicted octanol–water partition coefficient (Wildman–Crippen LogP) is 3.52. The van der Waals surface area contributed by atoms with Gasteiger partial charge in [-0.25, -0.2) is 4.09 Å². The highest BCUT2D eigenvalue weighted by Crippen LogP contribution is 2.34. The van der Waals surface area contributed by atoms with Crippen LogP contribution in [0.2, 0.25) is 0 Å². The van der Waals surface area contributed by atoms with Gasteiger partial charge in [0.2, 0.25) is 0 Å².